The molecular weight excluding hydrogens is 1200 g/mol. The second-order valence-electron chi connectivity index (χ2n) is 24.6. The summed E-state index contributed by atoms with van der Waals surface area (Å²) in [6.45, 7) is 12.5. The number of aromatic hydroxyl groups is 1. The number of halogens is 4. The predicted octanol–water partition coefficient (Wildman–Crippen LogP) is 13.8. The van der Waals surface area contributed by atoms with E-state index in [1.165, 1.54) is 58.4 Å². The van der Waals surface area contributed by atoms with Crippen LogP contribution in [0.4, 0.5) is 24.8 Å². The van der Waals surface area contributed by atoms with Gasteiger partial charge in [-0.25, -0.2) is 32.6 Å². The van der Waals surface area contributed by atoms with Crippen molar-refractivity contribution >= 4 is 40.2 Å². The van der Waals surface area contributed by atoms with Crippen molar-refractivity contribution in [1.82, 2.24) is 58.7 Å². The molecule has 0 radical (unpaired) electrons. The Balaban J connectivity index is 0.000000125. The Hall–Kier alpha value is -9.99. The van der Waals surface area contributed by atoms with Crippen molar-refractivity contribution in [1.29, 1.82) is 0 Å². The largest absolute Gasteiger partial charge is 0.508 e. The number of benzene rings is 3. The quantitative estimate of drug-likeness (QED) is 0.0836. The molecule has 93 heavy (non-hydrogen) atoms. The van der Waals surface area contributed by atoms with E-state index in [-0.39, 0.29) is 41.4 Å². The summed E-state index contributed by atoms with van der Waals surface area (Å²) in [7, 11) is 3.38. The Morgan fingerprint density at radius 3 is 1.26 bits per heavy atom. The molecule has 0 fully saturated rings. The second-order valence-corrected chi connectivity index (χ2v) is 24.9. The van der Waals surface area contributed by atoms with Gasteiger partial charge in [-0.1, -0.05) is 71.3 Å². The summed E-state index contributed by atoms with van der Waals surface area (Å²) in [5.74, 6) is 3.34. The molecule has 3 aliphatic carbocycles. The topological polar surface area (TPSA) is 218 Å². The van der Waals surface area contributed by atoms with Crippen molar-refractivity contribution in [2.24, 2.45) is 5.73 Å². The minimum atomic E-state index is -0.405. The molecule has 9 heterocycles. The van der Waals surface area contributed by atoms with Gasteiger partial charge in [-0.2, -0.15) is 24.3 Å². The highest BCUT2D eigenvalue weighted by atomic mass is 35.5. The van der Waals surface area contributed by atoms with Crippen molar-refractivity contribution in [2.45, 2.75) is 116 Å². The Morgan fingerprint density at radius 2 is 0.828 bits per heavy atom. The molecule has 476 valence electrons. The highest BCUT2D eigenvalue weighted by Crippen LogP contribution is 2.35. The molecule has 18 nitrogen and oxygen atoms in total. The number of hydrogen-bond acceptors (Lipinski definition) is 15. The van der Waals surface area contributed by atoms with Crippen LogP contribution in [0.3, 0.4) is 0 Å². The van der Waals surface area contributed by atoms with Crippen LogP contribution in [-0.4, -0.2) is 96.2 Å². The first-order chi connectivity index (χ1) is 44.8. The van der Waals surface area contributed by atoms with Crippen molar-refractivity contribution in [3.63, 3.8) is 0 Å². The smallest absolute Gasteiger partial charge is 0.161 e. The van der Waals surface area contributed by atoms with E-state index in [0.717, 1.165) is 101 Å². The summed E-state index contributed by atoms with van der Waals surface area (Å²) in [6.07, 6.45) is 19.3. The third-order valence-corrected chi connectivity index (χ3v) is 17.1. The first-order valence-corrected chi connectivity index (χ1v) is 31.3. The van der Waals surface area contributed by atoms with Crippen LogP contribution in [-0.2, 0) is 38.5 Å². The van der Waals surface area contributed by atoms with Crippen LogP contribution in [0, 0.1) is 17.5 Å². The molecule has 5 N–H and O–H groups in total. The second kappa shape index (κ2) is 27.1. The van der Waals surface area contributed by atoms with Crippen LogP contribution >= 0.6 is 11.6 Å². The van der Waals surface area contributed by atoms with Crippen LogP contribution < -0.4 is 25.8 Å². The lowest BCUT2D eigenvalue weighted by Gasteiger charge is -2.16. The minimum absolute atomic E-state index is 0.164. The molecule has 0 saturated heterocycles. The van der Waals surface area contributed by atoms with E-state index in [2.05, 4.69) is 112 Å². The Morgan fingerprint density at radius 1 is 0.462 bits per heavy atom. The number of nitrogens with two attached hydrogens (primary N) is 1. The number of fused-ring (bicyclic) bond motifs is 6. The molecule has 0 amide bonds. The molecule has 3 aromatic carbocycles. The summed E-state index contributed by atoms with van der Waals surface area (Å²) in [4.78, 5) is 25.9. The fourth-order valence-electron chi connectivity index (χ4n) is 12.1. The summed E-state index contributed by atoms with van der Waals surface area (Å²) >= 11 is 6.22. The Kier molecular flexibility index (Phi) is 18.4. The fourth-order valence-corrected chi connectivity index (χ4v) is 12.4. The van der Waals surface area contributed by atoms with Gasteiger partial charge in [0.25, 0.3) is 0 Å². The highest BCUT2D eigenvalue weighted by Gasteiger charge is 2.27. The lowest BCUT2D eigenvalue weighted by molar-refractivity contribution is 0.414. The van der Waals surface area contributed by atoms with Crippen LogP contribution in [0.2, 0.25) is 5.15 Å². The minimum Gasteiger partial charge on any atom is -0.508 e. The number of methoxy groups -OCH3 is 2. The number of hydrogen-bond donors (Lipinski definition) is 4. The molecule has 12 aromatic rings. The van der Waals surface area contributed by atoms with Gasteiger partial charge in [0.1, 0.15) is 51.5 Å². The van der Waals surface area contributed by atoms with Gasteiger partial charge in [0, 0.05) is 88.3 Å². The van der Waals surface area contributed by atoms with E-state index in [0.29, 0.717) is 50.6 Å². The van der Waals surface area contributed by atoms with E-state index in [4.69, 9.17) is 36.8 Å². The van der Waals surface area contributed by atoms with Gasteiger partial charge < -0.3 is 30.9 Å². The third-order valence-electron chi connectivity index (χ3n) is 16.9. The van der Waals surface area contributed by atoms with Crippen molar-refractivity contribution in [3.05, 3.63) is 219 Å². The lowest BCUT2D eigenvalue weighted by Crippen LogP contribution is -2.21. The zero-order chi connectivity index (χ0) is 65.2. The molecule has 3 atom stereocenters. The first-order valence-electron chi connectivity index (χ1n) is 30.9. The number of ether oxygens (including phenoxy) is 2. The van der Waals surface area contributed by atoms with Crippen molar-refractivity contribution < 1.29 is 27.8 Å². The molecule has 0 unspecified atom stereocenters. The van der Waals surface area contributed by atoms with E-state index in [1.54, 1.807) is 55.7 Å². The SMILES string of the molecule is CC(C)c1cnn2c(Cl)cc(-c3cncc(F)c3)nc12.CC(C)c1cnn2c(N[C@H]3Cc4ccc(O)cc4C3)cc(-c3cncc(F)c3)nc12.COc1ccc2c(c1)C[C@@H](N)C2.COc1ccc2c(c1)C[C@@H](Nc1cc(-c3cncc(F)c3)nc3c(C(C)C)cnn13)C2. The van der Waals surface area contributed by atoms with Gasteiger partial charge in [-0.05, 0) is 144 Å². The van der Waals surface area contributed by atoms with Crippen LogP contribution in [0.5, 0.6) is 17.2 Å². The van der Waals surface area contributed by atoms with Crippen LogP contribution in [0.1, 0.15) is 109 Å². The molecule has 0 aliphatic heterocycles. The maximum atomic E-state index is 13.8. The number of anilines is 2. The van der Waals surface area contributed by atoms with E-state index >= 15 is 0 Å². The number of nitrogens with one attached hydrogen (secondary N) is 2. The molecule has 0 saturated carbocycles. The molecule has 0 spiro atoms. The molecule has 3 aliphatic rings. The zero-order valence-corrected chi connectivity index (χ0v) is 53.5. The van der Waals surface area contributed by atoms with Crippen molar-refractivity contribution in [3.8, 4) is 51.0 Å². The van der Waals surface area contributed by atoms with Crippen molar-refractivity contribution in [2.75, 3.05) is 24.9 Å². The fraction of sp³-hybridized carbons (Fsp3) is 0.282. The maximum Gasteiger partial charge on any atom is 0.161 e. The highest BCUT2D eigenvalue weighted by molar-refractivity contribution is 6.30. The first kappa shape index (κ1) is 63.2. The van der Waals surface area contributed by atoms with Gasteiger partial charge in [0.15, 0.2) is 16.9 Å². The lowest BCUT2D eigenvalue weighted by atomic mass is 10.1. The molecule has 9 aromatic heterocycles. The summed E-state index contributed by atoms with van der Waals surface area (Å²) in [6, 6.07) is 28.4. The Bertz CT molecular complexity index is 4700. The molecule has 0 bridgehead atoms. The maximum absolute atomic E-state index is 13.8. The van der Waals surface area contributed by atoms with Gasteiger partial charge in [0.2, 0.25) is 0 Å². The van der Waals surface area contributed by atoms with Gasteiger partial charge >= 0.3 is 0 Å². The molecule has 22 heteroatoms. The third kappa shape index (κ3) is 13.9. The average molecular weight is 1270 g/mol. The van der Waals surface area contributed by atoms with E-state index in [1.807, 2.05) is 57.8 Å². The monoisotopic (exact) mass is 1270 g/mol. The number of phenols is 1. The number of phenolic OH excluding ortho intramolecular Hbond substituents is 1. The zero-order valence-electron chi connectivity index (χ0n) is 52.8. The van der Waals surface area contributed by atoms with E-state index < -0.39 is 11.6 Å². The number of aromatic nitrogens is 12. The van der Waals surface area contributed by atoms with E-state index in [9.17, 15) is 18.3 Å². The van der Waals surface area contributed by atoms with Crippen LogP contribution in [0.25, 0.3) is 50.7 Å². The predicted molar refractivity (Wildman–Crippen MR) is 355 cm³/mol. The molecule has 15 rings (SSSR count). The number of nitrogens with zero attached hydrogens (tertiary/aromatic N) is 12. The summed E-state index contributed by atoms with van der Waals surface area (Å²) in [5, 5.41) is 30.8. The van der Waals surface area contributed by atoms with Crippen LogP contribution in [0.15, 0.2) is 147 Å². The number of pyridine rings is 3. The Labute approximate surface area is 541 Å². The normalized spacial score (nSPS) is 15.3. The summed E-state index contributed by atoms with van der Waals surface area (Å²) < 4.78 is 56.6. The summed E-state index contributed by atoms with van der Waals surface area (Å²) in [5.41, 5.74) is 22.6. The van der Waals surface area contributed by atoms with Gasteiger partial charge in [0.05, 0.1) is 68.5 Å². The standard InChI is InChI=1S/C24H24FN5O.C23H22FN5O.C14H12ClFN4.C10H13NO/c1-14(2)21-13-27-30-23(10-22(29-24(21)30)17-6-18(25)12-26-11-17)28-19-7-15-4-5-20(31-3)9-16(15)8-19;1-13(2)20-12-26-29-22(27-18-6-14-3-4-19(30)8-15(14)7-18)9-21(28-23(20)29)16-5-17(24)11-25-10-16;1-8(2)11-7-18-20-13(15)4-12(19-14(11)20)9-3-10(16)6-17-5-9;1-12-10-3-2-7-4-9(11)5-8(7)6-10/h4-6,9-14,19,28H,7-8H2,1-3H3;3-5,8-13,18,27,30H,6-7H2,1-2H3;3-8H,1-2H3;2-3,6,9H,4-5,11H2,1H3/t19-;18-;;9-/m00.0/s1. The molecular formula is C71H71ClF3N15O3. The number of rotatable bonds is 12. The van der Waals surface area contributed by atoms with Gasteiger partial charge in [-0.15, -0.1) is 0 Å². The van der Waals surface area contributed by atoms with Gasteiger partial charge in [-0.3, -0.25) is 15.0 Å². The average Bonchev–Trinajstić information content (AvgIpc) is 1.59.